The Morgan fingerprint density at radius 3 is 2.59 bits per heavy atom. The van der Waals surface area contributed by atoms with Crippen molar-refractivity contribution >= 4 is 11.7 Å². The van der Waals surface area contributed by atoms with Gasteiger partial charge in [-0.25, -0.2) is 0 Å². The molecule has 94 valence electrons. The molecule has 0 atom stereocenters. The fourth-order valence-corrected chi connectivity index (χ4v) is 2.27. The second-order valence-electron chi connectivity index (χ2n) is 4.93. The first kappa shape index (κ1) is 12.0. The van der Waals surface area contributed by atoms with Gasteiger partial charge in [-0.05, 0) is 18.9 Å². The Morgan fingerprint density at radius 2 is 2.12 bits per heavy atom. The molecule has 0 radical (unpaired) electrons. The maximum absolute atomic E-state index is 11.8. The van der Waals surface area contributed by atoms with Gasteiger partial charge in [-0.1, -0.05) is 13.8 Å². The zero-order valence-corrected chi connectivity index (χ0v) is 10.5. The van der Waals surface area contributed by atoms with Gasteiger partial charge in [-0.2, -0.15) is 5.10 Å². The van der Waals surface area contributed by atoms with E-state index in [2.05, 4.69) is 5.10 Å². The SMILES string of the molecule is CC(C)C(=O)N1CCC(n2ccc(N)n2)CC1. The first-order valence-corrected chi connectivity index (χ1v) is 6.17. The molecule has 0 saturated carbocycles. The van der Waals surface area contributed by atoms with Crippen LogP contribution in [0.15, 0.2) is 12.3 Å². The van der Waals surface area contributed by atoms with Crippen LogP contribution in [0.25, 0.3) is 0 Å². The van der Waals surface area contributed by atoms with Gasteiger partial charge in [-0.15, -0.1) is 0 Å². The predicted molar refractivity (Wildman–Crippen MR) is 66.3 cm³/mol. The molecule has 1 aromatic heterocycles. The number of aromatic nitrogens is 2. The molecule has 0 aliphatic carbocycles. The summed E-state index contributed by atoms with van der Waals surface area (Å²) < 4.78 is 1.92. The van der Waals surface area contributed by atoms with Crippen LogP contribution in [0, 0.1) is 5.92 Å². The minimum atomic E-state index is 0.0897. The Labute approximate surface area is 102 Å². The Bertz CT molecular complexity index is 391. The lowest BCUT2D eigenvalue weighted by Crippen LogP contribution is -2.41. The van der Waals surface area contributed by atoms with Crippen molar-refractivity contribution in [3.05, 3.63) is 12.3 Å². The standard InChI is InChI=1S/C12H20N4O/c1-9(2)12(17)15-6-3-10(4-7-15)16-8-5-11(13)14-16/h5,8-10H,3-4,6-7H2,1-2H3,(H2,13,14). The van der Waals surface area contributed by atoms with Gasteiger partial charge in [-0.3, -0.25) is 9.48 Å². The number of nitrogen functional groups attached to an aromatic ring is 1. The van der Waals surface area contributed by atoms with Crippen LogP contribution >= 0.6 is 0 Å². The van der Waals surface area contributed by atoms with Crippen LogP contribution < -0.4 is 5.73 Å². The molecule has 1 saturated heterocycles. The number of anilines is 1. The van der Waals surface area contributed by atoms with E-state index < -0.39 is 0 Å². The molecule has 0 bridgehead atoms. The Balaban J connectivity index is 1.92. The highest BCUT2D eigenvalue weighted by atomic mass is 16.2. The topological polar surface area (TPSA) is 64.2 Å². The van der Waals surface area contributed by atoms with E-state index >= 15 is 0 Å². The summed E-state index contributed by atoms with van der Waals surface area (Å²) in [6, 6.07) is 2.19. The normalized spacial score (nSPS) is 17.7. The van der Waals surface area contributed by atoms with Gasteiger partial charge in [0.05, 0.1) is 6.04 Å². The molecule has 1 amide bonds. The molecule has 0 aromatic carbocycles. The van der Waals surface area contributed by atoms with Gasteiger partial charge in [0.2, 0.25) is 5.91 Å². The molecule has 1 fully saturated rings. The largest absolute Gasteiger partial charge is 0.382 e. The number of amides is 1. The maximum atomic E-state index is 11.8. The van der Waals surface area contributed by atoms with E-state index in [-0.39, 0.29) is 11.8 Å². The van der Waals surface area contributed by atoms with Crippen molar-refractivity contribution < 1.29 is 4.79 Å². The molecule has 1 aromatic rings. The number of nitrogens with zero attached hydrogens (tertiary/aromatic N) is 3. The highest BCUT2D eigenvalue weighted by Gasteiger charge is 2.25. The first-order chi connectivity index (χ1) is 8.08. The maximum Gasteiger partial charge on any atom is 0.225 e. The zero-order valence-electron chi connectivity index (χ0n) is 10.5. The highest BCUT2D eigenvalue weighted by molar-refractivity contribution is 5.78. The third-order valence-corrected chi connectivity index (χ3v) is 3.27. The van der Waals surface area contributed by atoms with Gasteiger partial charge < -0.3 is 10.6 Å². The molecule has 1 aliphatic rings. The third-order valence-electron chi connectivity index (χ3n) is 3.27. The van der Waals surface area contributed by atoms with Crippen molar-refractivity contribution in [3.8, 4) is 0 Å². The zero-order chi connectivity index (χ0) is 12.4. The van der Waals surface area contributed by atoms with E-state index in [9.17, 15) is 4.79 Å². The number of carbonyl (C=O) groups excluding carboxylic acids is 1. The monoisotopic (exact) mass is 236 g/mol. The van der Waals surface area contributed by atoms with Crippen LogP contribution in [0.4, 0.5) is 5.82 Å². The van der Waals surface area contributed by atoms with E-state index in [1.165, 1.54) is 0 Å². The van der Waals surface area contributed by atoms with E-state index in [0.717, 1.165) is 25.9 Å². The number of carbonyl (C=O) groups is 1. The summed E-state index contributed by atoms with van der Waals surface area (Å²) in [6.45, 7) is 5.54. The molecule has 1 aliphatic heterocycles. The van der Waals surface area contributed by atoms with Crippen LogP contribution in [0.3, 0.4) is 0 Å². The first-order valence-electron chi connectivity index (χ1n) is 6.17. The summed E-state index contributed by atoms with van der Waals surface area (Å²) in [6.07, 6.45) is 3.83. The second-order valence-corrected chi connectivity index (χ2v) is 4.93. The summed E-state index contributed by atoms with van der Waals surface area (Å²) >= 11 is 0. The Kier molecular flexibility index (Phi) is 3.36. The second kappa shape index (κ2) is 4.77. The molecular weight excluding hydrogens is 216 g/mol. The van der Waals surface area contributed by atoms with Crippen molar-refractivity contribution in [1.82, 2.24) is 14.7 Å². The summed E-state index contributed by atoms with van der Waals surface area (Å²) in [7, 11) is 0. The Hall–Kier alpha value is -1.52. The molecule has 2 heterocycles. The molecule has 0 spiro atoms. The van der Waals surface area contributed by atoms with Crippen molar-refractivity contribution in [3.63, 3.8) is 0 Å². The van der Waals surface area contributed by atoms with Crippen molar-refractivity contribution in [2.24, 2.45) is 5.92 Å². The summed E-state index contributed by atoms with van der Waals surface area (Å²) in [5.74, 6) is 0.904. The lowest BCUT2D eigenvalue weighted by Gasteiger charge is -2.33. The van der Waals surface area contributed by atoms with Gasteiger partial charge >= 0.3 is 0 Å². The molecule has 17 heavy (non-hydrogen) atoms. The summed E-state index contributed by atoms with van der Waals surface area (Å²) in [5, 5.41) is 4.23. The van der Waals surface area contributed by atoms with Crippen LogP contribution in [0.2, 0.25) is 0 Å². The Morgan fingerprint density at radius 1 is 1.47 bits per heavy atom. The van der Waals surface area contributed by atoms with Crippen LogP contribution in [0.1, 0.15) is 32.7 Å². The van der Waals surface area contributed by atoms with E-state index in [4.69, 9.17) is 5.73 Å². The molecule has 5 nitrogen and oxygen atoms in total. The number of hydrogen-bond donors (Lipinski definition) is 1. The number of likely N-dealkylation sites (tertiary alicyclic amines) is 1. The number of rotatable bonds is 2. The lowest BCUT2D eigenvalue weighted by molar-refractivity contribution is -0.135. The van der Waals surface area contributed by atoms with Crippen molar-refractivity contribution in [1.29, 1.82) is 0 Å². The average Bonchev–Trinajstić information content (AvgIpc) is 2.75. The van der Waals surface area contributed by atoms with E-state index in [1.54, 1.807) is 0 Å². The van der Waals surface area contributed by atoms with Crippen LogP contribution in [0.5, 0.6) is 0 Å². The number of piperidine rings is 1. The average molecular weight is 236 g/mol. The van der Waals surface area contributed by atoms with E-state index in [1.807, 2.05) is 35.7 Å². The number of hydrogen-bond acceptors (Lipinski definition) is 3. The molecule has 2 rings (SSSR count). The van der Waals surface area contributed by atoms with Crippen molar-refractivity contribution in [2.45, 2.75) is 32.7 Å². The minimum absolute atomic E-state index is 0.0897. The predicted octanol–water partition coefficient (Wildman–Crippen LogP) is 1.28. The minimum Gasteiger partial charge on any atom is -0.382 e. The van der Waals surface area contributed by atoms with Crippen LogP contribution in [-0.2, 0) is 4.79 Å². The molecular formula is C12H20N4O. The van der Waals surface area contributed by atoms with E-state index in [0.29, 0.717) is 11.9 Å². The lowest BCUT2D eigenvalue weighted by atomic mass is 10.0. The fourth-order valence-electron chi connectivity index (χ4n) is 2.27. The quantitative estimate of drug-likeness (QED) is 0.841. The molecule has 0 unspecified atom stereocenters. The number of nitrogens with two attached hydrogens (primary N) is 1. The summed E-state index contributed by atoms with van der Waals surface area (Å²) in [5.41, 5.74) is 5.60. The van der Waals surface area contributed by atoms with Crippen LogP contribution in [-0.4, -0.2) is 33.7 Å². The van der Waals surface area contributed by atoms with Crippen molar-refractivity contribution in [2.75, 3.05) is 18.8 Å². The third kappa shape index (κ3) is 2.60. The highest BCUT2D eigenvalue weighted by Crippen LogP contribution is 2.23. The van der Waals surface area contributed by atoms with Gasteiger partial charge in [0.15, 0.2) is 0 Å². The molecule has 5 heteroatoms. The van der Waals surface area contributed by atoms with Gasteiger partial charge in [0.25, 0.3) is 0 Å². The summed E-state index contributed by atoms with van der Waals surface area (Å²) in [4.78, 5) is 13.8. The molecule has 2 N–H and O–H groups in total. The fraction of sp³-hybridized carbons (Fsp3) is 0.667. The van der Waals surface area contributed by atoms with Gasteiger partial charge in [0, 0.05) is 25.2 Å². The van der Waals surface area contributed by atoms with Gasteiger partial charge in [0.1, 0.15) is 5.82 Å². The smallest absolute Gasteiger partial charge is 0.225 e.